The number of hydrogen-bond donors (Lipinski definition) is 6. The van der Waals surface area contributed by atoms with Gasteiger partial charge in [-0.1, -0.05) is 0 Å². The number of Topliss-reactive ketones (excluding diaryl/α,β-unsaturated/α-hetero) is 1. The molecule has 1 aliphatic rings. The number of β-amino-alcohol motifs (C(OH)–C–C–N with tert-alkyl or cyclic N) is 1. The molecular weight excluding hydrogens is 697 g/mol. The average molecular weight is 729 g/mol. The number of amides is 4. The number of ketones is 1. The Morgan fingerprint density at radius 3 is 2.26 bits per heavy atom. The van der Waals surface area contributed by atoms with Crippen LogP contribution in [0.3, 0.4) is 0 Å². The zero-order valence-corrected chi connectivity index (χ0v) is 21.4. The normalized spacial score (nSPS) is 18.8. The molecule has 4 atom stereocenters. The minimum Gasteiger partial charge on any atom is -0.481 e. The van der Waals surface area contributed by atoms with Gasteiger partial charge in [0.2, 0.25) is 23.6 Å². The second-order valence-electron chi connectivity index (χ2n) is 7.95. The van der Waals surface area contributed by atoms with Crippen LogP contribution in [0.1, 0.15) is 46.0 Å². The van der Waals surface area contributed by atoms with E-state index in [9.17, 15) is 39.0 Å². The van der Waals surface area contributed by atoms with Crippen LogP contribution >= 0.6 is 0 Å². The summed E-state index contributed by atoms with van der Waals surface area (Å²) < 4.78 is 0. The van der Waals surface area contributed by atoms with E-state index in [0.29, 0.717) is 19.3 Å². The van der Waals surface area contributed by atoms with Crippen LogP contribution in [0.2, 0.25) is 0 Å². The number of likely N-dealkylation sites (tertiary alicyclic amines) is 1. The molecule has 1 rings (SSSR count). The molecule has 1 fully saturated rings. The Morgan fingerprint density at radius 2 is 1.71 bits per heavy atom. The number of aliphatic carboxylic acids is 1. The molecule has 0 aliphatic carbocycles. The van der Waals surface area contributed by atoms with Gasteiger partial charge in [0.1, 0.15) is 30.3 Å². The van der Waals surface area contributed by atoms with Crippen molar-refractivity contribution in [3.8, 4) is 0 Å². The maximum absolute atomic E-state index is 12.6. The minimum atomic E-state index is -1.37. The first-order valence-corrected chi connectivity index (χ1v) is 10.6. The number of rotatable bonds is 13. The number of unbranched alkanes of at least 4 members (excludes halogenated alkanes) is 1. The molecule has 0 aromatic carbocycles. The van der Waals surface area contributed by atoms with Crippen LogP contribution < -0.4 is 16.0 Å². The summed E-state index contributed by atoms with van der Waals surface area (Å²) in [5, 5.41) is 35.2. The Morgan fingerprint density at radius 1 is 1.06 bits per heavy atom. The molecule has 0 saturated carbocycles. The smallest absolute Gasteiger partial charge is 0.312 e. The molecule has 0 radical (unpaired) electrons. The topological polar surface area (TPSA) is 202 Å². The number of aliphatic hydroxyl groups is 2. The number of carboxylic acid groups (broad SMARTS) is 1. The van der Waals surface area contributed by atoms with Crippen molar-refractivity contribution in [2.75, 3.05) is 19.7 Å². The second-order valence-corrected chi connectivity index (χ2v) is 7.95. The van der Waals surface area contributed by atoms with Crippen molar-refractivity contribution in [1.82, 2.24) is 20.9 Å². The SMILES string of the molecule is CC(=O)CCCCNC(=O)[C@H](CO)NC(=O)[C@H](C)NC(=O)[C@@H]1C[C@@H](O)CN1C(=O)CC(=O)O.[Fm]. The summed E-state index contributed by atoms with van der Waals surface area (Å²) >= 11 is 0. The Balaban J connectivity index is 0.0000109. The van der Waals surface area contributed by atoms with Crippen LogP contribution in [0.4, 0.5) is 0 Å². The van der Waals surface area contributed by atoms with Gasteiger partial charge in [-0.2, -0.15) is 0 Å². The summed E-state index contributed by atoms with van der Waals surface area (Å²) in [5.41, 5.74) is 0. The summed E-state index contributed by atoms with van der Waals surface area (Å²) in [4.78, 5) is 71.7. The van der Waals surface area contributed by atoms with E-state index in [1.807, 2.05) is 0 Å². The van der Waals surface area contributed by atoms with Crippen molar-refractivity contribution in [3.63, 3.8) is 0 Å². The molecule has 1 heterocycles. The first-order valence-electron chi connectivity index (χ1n) is 10.6. The van der Waals surface area contributed by atoms with Crippen LogP contribution in [-0.4, -0.2) is 99.5 Å². The summed E-state index contributed by atoms with van der Waals surface area (Å²) in [6.45, 7) is 2.17. The fourth-order valence-corrected chi connectivity index (χ4v) is 3.27. The quantitative estimate of drug-likeness (QED) is 0.0861. The molecule has 0 aromatic rings. The molecule has 4 amide bonds. The van der Waals surface area contributed by atoms with Crippen LogP contribution in [0.15, 0.2) is 0 Å². The second kappa shape index (κ2) is 14.2. The maximum Gasteiger partial charge on any atom is 0.312 e. The van der Waals surface area contributed by atoms with Crippen molar-refractivity contribution in [2.24, 2.45) is 0 Å². The molecule has 198 valence electrons. The molecule has 1 aliphatic heterocycles. The van der Waals surface area contributed by atoms with Gasteiger partial charge in [-0.3, -0.25) is 24.0 Å². The van der Waals surface area contributed by atoms with E-state index in [2.05, 4.69) is 16.0 Å². The average Bonchev–Trinajstić information content (AvgIpc) is 3.12. The Labute approximate surface area is 190 Å². The van der Waals surface area contributed by atoms with Gasteiger partial charge in [0.05, 0.1) is 12.7 Å². The zero-order valence-electron chi connectivity index (χ0n) is 19.0. The fourth-order valence-electron chi connectivity index (χ4n) is 3.27. The van der Waals surface area contributed by atoms with Gasteiger partial charge in [-0.25, -0.2) is 0 Å². The Bertz CT molecular complexity index is 764. The molecule has 6 N–H and O–H groups in total. The summed E-state index contributed by atoms with van der Waals surface area (Å²) in [5.74, 6) is -4.33. The van der Waals surface area contributed by atoms with Crippen LogP contribution in [0, 0.1) is 0 Å². The molecule has 0 unspecified atom stereocenters. The van der Waals surface area contributed by atoms with Crippen molar-refractivity contribution >= 4 is 35.4 Å². The molecule has 0 spiro atoms. The van der Waals surface area contributed by atoms with Gasteiger partial charge in [0.25, 0.3) is 0 Å². The van der Waals surface area contributed by atoms with E-state index < -0.39 is 66.9 Å². The standard InChI is InChI=1S/C20H32N4O9.Fm/c1-11(26)5-3-4-6-21-19(32)14(10-25)23-18(31)12(2)22-20(33)15-7-13(27)9-24(15)16(28)8-17(29)30;/h12-15,25,27H,3-10H2,1-2H3,(H,21,32)(H,22,33)(H,23,31)(H,29,30);/t12-,13+,14-,15-;/m0./s1. The van der Waals surface area contributed by atoms with E-state index in [0.717, 1.165) is 4.90 Å². The van der Waals surface area contributed by atoms with Crippen molar-refractivity contribution < 1.29 is 44.1 Å². The third kappa shape index (κ3) is 9.61. The summed E-state index contributed by atoms with van der Waals surface area (Å²) in [6, 6.07) is -3.55. The van der Waals surface area contributed by atoms with Gasteiger partial charge >= 0.3 is 5.97 Å². The van der Waals surface area contributed by atoms with Gasteiger partial charge < -0.3 is 41.0 Å². The zero-order chi connectivity index (χ0) is 25.1. The molecule has 0 aromatic heterocycles. The van der Waals surface area contributed by atoms with Gasteiger partial charge in [-0.05, 0) is 26.7 Å². The fraction of sp³-hybridized carbons (Fsp3) is 0.700. The van der Waals surface area contributed by atoms with Gasteiger partial charge in [0, 0.05) is 25.9 Å². The predicted octanol–water partition coefficient (Wildman–Crippen LogP) is -2.72. The van der Waals surface area contributed by atoms with Crippen LogP contribution in [0.25, 0.3) is 0 Å². The minimum absolute atomic E-state index is 0. The summed E-state index contributed by atoms with van der Waals surface area (Å²) in [6.07, 6.45) is -0.429. The number of carboxylic acids is 1. The molecule has 0 bridgehead atoms. The molecule has 34 heavy (non-hydrogen) atoms. The number of nitrogens with zero attached hydrogens (tertiary/aromatic N) is 1. The van der Waals surface area contributed by atoms with Crippen LogP contribution in [0.5, 0.6) is 0 Å². The van der Waals surface area contributed by atoms with E-state index in [4.69, 9.17) is 5.11 Å². The number of hydrogen-bond acceptors (Lipinski definition) is 8. The largest absolute Gasteiger partial charge is 0.481 e. The van der Waals surface area contributed by atoms with Crippen molar-refractivity contribution in [1.29, 1.82) is 0 Å². The number of carbonyl (C=O) groups is 6. The van der Waals surface area contributed by atoms with E-state index in [-0.39, 0.29) is 25.3 Å². The van der Waals surface area contributed by atoms with E-state index in [1.165, 1.54) is 13.8 Å². The van der Waals surface area contributed by atoms with Crippen LogP contribution in [-0.2, 0) is 28.8 Å². The first-order chi connectivity index (χ1) is 15.5. The molecular formula is C20H32FmN4O9. The van der Waals surface area contributed by atoms with Crippen molar-refractivity contribution in [2.45, 2.75) is 70.2 Å². The third-order valence-corrected chi connectivity index (χ3v) is 5.03. The van der Waals surface area contributed by atoms with Gasteiger partial charge in [-0.15, -0.1) is 0 Å². The monoisotopic (exact) mass is 729 g/mol. The number of carbonyl (C=O) groups excluding carboxylic acids is 5. The maximum atomic E-state index is 12.6. The molecule has 1 saturated heterocycles. The first kappa shape index (κ1) is 29.9. The number of nitrogens with one attached hydrogen (secondary N) is 3. The third-order valence-electron chi connectivity index (χ3n) is 5.03. The predicted molar refractivity (Wildman–Crippen MR) is 113 cm³/mol. The number of aliphatic hydroxyl groups excluding tert-OH is 2. The van der Waals surface area contributed by atoms with Gasteiger partial charge in [0.15, 0.2) is 0 Å². The van der Waals surface area contributed by atoms with E-state index >= 15 is 0 Å². The Kier molecular flexibility index (Phi) is 12.5. The molecule has 14 heteroatoms. The van der Waals surface area contributed by atoms with Crippen molar-refractivity contribution in [3.05, 3.63) is 0 Å². The summed E-state index contributed by atoms with van der Waals surface area (Å²) in [7, 11) is 0. The molecule has 13 nitrogen and oxygen atoms in total. The Hall–Kier alpha value is -4.06. The van der Waals surface area contributed by atoms with E-state index in [1.54, 1.807) is 0 Å².